The van der Waals surface area contributed by atoms with Crippen LogP contribution >= 0.6 is 0 Å². The molecule has 2 rings (SSSR count). The van der Waals surface area contributed by atoms with Crippen LogP contribution in [-0.4, -0.2) is 62.4 Å². The van der Waals surface area contributed by atoms with Crippen LogP contribution in [0.5, 0.6) is 0 Å². The molecule has 1 aliphatic heterocycles. The highest BCUT2D eigenvalue weighted by Crippen LogP contribution is 2.45. The lowest BCUT2D eigenvalue weighted by molar-refractivity contribution is -0.154. The van der Waals surface area contributed by atoms with Crippen LogP contribution in [0, 0.1) is 11.3 Å². The number of hydrogen-bond acceptors (Lipinski definition) is 4. The third-order valence-corrected chi connectivity index (χ3v) is 5.40. The van der Waals surface area contributed by atoms with Crippen LogP contribution in [0.1, 0.15) is 47.0 Å². The second-order valence-corrected chi connectivity index (χ2v) is 7.52. The van der Waals surface area contributed by atoms with Crippen LogP contribution in [0.25, 0.3) is 0 Å². The highest BCUT2D eigenvalue weighted by atomic mass is 16.5. The van der Waals surface area contributed by atoms with Gasteiger partial charge in [0.15, 0.2) is 0 Å². The van der Waals surface area contributed by atoms with Crippen LogP contribution in [0.4, 0.5) is 0 Å². The number of amides is 1. The van der Waals surface area contributed by atoms with Gasteiger partial charge in [-0.3, -0.25) is 9.69 Å². The van der Waals surface area contributed by atoms with Crippen molar-refractivity contribution in [3.8, 4) is 0 Å². The van der Waals surface area contributed by atoms with E-state index in [-0.39, 0.29) is 11.3 Å². The van der Waals surface area contributed by atoms with Crippen LogP contribution in [0.3, 0.4) is 0 Å². The van der Waals surface area contributed by atoms with E-state index in [0.717, 1.165) is 52.2 Å². The van der Waals surface area contributed by atoms with Crippen molar-refractivity contribution in [3.05, 3.63) is 0 Å². The van der Waals surface area contributed by atoms with E-state index in [1.165, 1.54) is 0 Å². The molecule has 2 aliphatic rings. The van der Waals surface area contributed by atoms with E-state index in [0.29, 0.717) is 24.6 Å². The quantitative estimate of drug-likeness (QED) is 0.705. The van der Waals surface area contributed by atoms with E-state index in [1.807, 2.05) is 6.92 Å². The SMILES string of the molecule is CCCN(CC(=O)NC[C@@H]1CCOC1)[C@@H]1C[C@H](OCC)C1(C)C. The maximum Gasteiger partial charge on any atom is 0.234 e. The normalized spacial score (nSPS) is 29.5. The molecule has 1 N–H and O–H groups in total. The zero-order valence-electron chi connectivity index (χ0n) is 15.3. The average molecular weight is 326 g/mol. The van der Waals surface area contributed by atoms with Gasteiger partial charge in [0.25, 0.3) is 0 Å². The van der Waals surface area contributed by atoms with Gasteiger partial charge in [-0.2, -0.15) is 0 Å². The summed E-state index contributed by atoms with van der Waals surface area (Å²) in [6, 6.07) is 0.430. The molecule has 5 nitrogen and oxygen atoms in total. The third kappa shape index (κ3) is 4.68. The number of ether oxygens (including phenoxy) is 2. The van der Waals surface area contributed by atoms with Crippen molar-refractivity contribution in [1.82, 2.24) is 10.2 Å². The number of carbonyl (C=O) groups excluding carboxylic acids is 1. The van der Waals surface area contributed by atoms with Crippen molar-refractivity contribution in [2.24, 2.45) is 11.3 Å². The maximum atomic E-state index is 12.3. The van der Waals surface area contributed by atoms with Crippen LogP contribution < -0.4 is 5.32 Å². The first-order valence-electron chi connectivity index (χ1n) is 9.19. The predicted molar refractivity (Wildman–Crippen MR) is 91.4 cm³/mol. The Kier molecular flexibility index (Phi) is 6.86. The van der Waals surface area contributed by atoms with E-state index >= 15 is 0 Å². The molecule has 0 bridgehead atoms. The van der Waals surface area contributed by atoms with Crippen molar-refractivity contribution in [1.29, 1.82) is 0 Å². The summed E-state index contributed by atoms with van der Waals surface area (Å²) in [7, 11) is 0. The summed E-state index contributed by atoms with van der Waals surface area (Å²) >= 11 is 0. The van der Waals surface area contributed by atoms with Gasteiger partial charge in [0.05, 0.1) is 19.3 Å². The summed E-state index contributed by atoms with van der Waals surface area (Å²) in [5.74, 6) is 0.627. The highest BCUT2D eigenvalue weighted by Gasteiger charge is 2.51. The largest absolute Gasteiger partial charge is 0.381 e. The molecular formula is C18H34N2O3. The van der Waals surface area contributed by atoms with Crippen molar-refractivity contribution in [2.75, 3.05) is 39.5 Å². The minimum Gasteiger partial charge on any atom is -0.381 e. The van der Waals surface area contributed by atoms with Gasteiger partial charge in [-0.15, -0.1) is 0 Å². The van der Waals surface area contributed by atoms with Gasteiger partial charge < -0.3 is 14.8 Å². The van der Waals surface area contributed by atoms with E-state index in [1.54, 1.807) is 0 Å². The fourth-order valence-corrected chi connectivity index (χ4v) is 3.84. The second-order valence-electron chi connectivity index (χ2n) is 7.52. The molecule has 1 saturated carbocycles. The molecule has 1 aliphatic carbocycles. The Morgan fingerprint density at radius 1 is 1.39 bits per heavy atom. The Morgan fingerprint density at radius 3 is 2.74 bits per heavy atom. The van der Waals surface area contributed by atoms with Gasteiger partial charge in [0.1, 0.15) is 0 Å². The van der Waals surface area contributed by atoms with Crippen molar-refractivity contribution < 1.29 is 14.3 Å². The number of hydrogen-bond donors (Lipinski definition) is 1. The fraction of sp³-hybridized carbons (Fsp3) is 0.944. The fourth-order valence-electron chi connectivity index (χ4n) is 3.84. The molecule has 1 amide bonds. The molecule has 0 aromatic heterocycles. The van der Waals surface area contributed by atoms with Crippen LogP contribution in [-0.2, 0) is 14.3 Å². The molecule has 0 spiro atoms. The highest BCUT2D eigenvalue weighted by molar-refractivity contribution is 5.78. The van der Waals surface area contributed by atoms with Gasteiger partial charge in [0, 0.05) is 37.1 Å². The summed E-state index contributed by atoms with van der Waals surface area (Å²) in [5, 5.41) is 3.09. The first-order chi connectivity index (χ1) is 11.0. The van der Waals surface area contributed by atoms with Crippen molar-refractivity contribution in [2.45, 2.75) is 59.1 Å². The molecule has 0 unspecified atom stereocenters. The Hall–Kier alpha value is -0.650. The summed E-state index contributed by atoms with van der Waals surface area (Å²) in [5.41, 5.74) is 0.116. The molecule has 0 aromatic carbocycles. The number of rotatable bonds is 9. The number of carbonyl (C=O) groups is 1. The summed E-state index contributed by atoms with van der Waals surface area (Å²) < 4.78 is 11.2. The van der Waals surface area contributed by atoms with Gasteiger partial charge in [-0.05, 0) is 32.7 Å². The van der Waals surface area contributed by atoms with Crippen molar-refractivity contribution >= 4 is 5.91 Å². The minimum absolute atomic E-state index is 0.116. The lowest BCUT2D eigenvalue weighted by Crippen LogP contribution is -2.63. The summed E-state index contributed by atoms with van der Waals surface area (Å²) in [6.45, 7) is 13.3. The molecule has 1 heterocycles. The first kappa shape index (κ1) is 18.7. The Morgan fingerprint density at radius 2 is 2.17 bits per heavy atom. The van der Waals surface area contributed by atoms with Crippen LogP contribution in [0.2, 0.25) is 0 Å². The molecule has 0 radical (unpaired) electrons. The monoisotopic (exact) mass is 326 g/mol. The lowest BCUT2D eigenvalue weighted by atomic mass is 9.63. The topological polar surface area (TPSA) is 50.8 Å². The molecule has 5 heteroatoms. The van der Waals surface area contributed by atoms with E-state index in [4.69, 9.17) is 9.47 Å². The minimum atomic E-state index is 0.116. The average Bonchev–Trinajstić information content (AvgIpc) is 3.02. The summed E-state index contributed by atoms with van der Waals surface area (Å²) in [6.07, 6.45) is 3.47. The van der Waals surface area contributed by atoms with Crippen molar-refractivity contribution in [3.63, 3.8) is 0 Å². The first-order valence-corrected chi connectivity index (χ1v) is 9.19. The van der Waals surface area contributed by atoms with E-state index < -0.39 is 0 Å². The predicted octanol–water partition coefficient (Wildman–Crippen LogP) is 2.05. The lowest BCUT2D eigenvalue weighted by Gasteiger charge is -2.55. The second kappa shape index (κ2) is 8.45. The zero-order valence-corrected chi connectivity index (χ0v) is 15.3. The molecule has 134 valence electrons. The Balaban J connectivity index is 1.82. The van der Waals surface area contributed by atoms with Gasteiger partial charge >= 0.3 is 0 Å². The number of nitrogens with one attached hydrogen (secondary N) is 1. The molecule has 0 aromatic rings. The van der Waals surface area contributed by atoms with E-state index in [2.05, 4.69) is 31.0 Å². The standard InChI is InChI=1S/C18H34N2O3/c1-5-8-20(15-10-16(23-6-2)18(15,3)4)12-17(21)19-11-14-7-9-22-13-14/h14-16H,5-13H2,1-4H3,(H,19,21)/t14-,15+,16-/m0/s1. The molecule has 3 atom stereocenters. The van der Waals surface area contributed by atoms with Crippen LogP contribution in [0.15, 0.2) is 0 Å². The zero-order chi connectivity index (χ0) is 16.9. The molecule has 2 fully saturated rings. The van der Waals surface area contributed by atoms with Gasteiger partial charge in [0.2, 0.25) is 5.91 Å². The van der Waals surface area contributed by atoms with Gasteiger partial charge in [-0.25, -0.2) is 0 Å². The molecule has 1 saturated heterocycles. The Labute approximate surface area is 141 Å². The molecular weight excluding hydrogens is 292 g/mol. The number of nitrogens with zero attached hydrogens (tertiary/aromatic N) is 1. The maximum absolute atomic E-state index is 12.3. The smallest absolute Gasteiger partial charge is 0.234 e. The molecule has 23 heavy (non-hydrogen) atoms. The summed E-state index contributed by atoms with van der Waals surface area (Å²) in [4.78, 5) is 14.7. The Bertz CT molecular complexity index is 380. The van der Waals surface area contributed by atoms with Gasteiger partial charge in [-0.1, -0.05) is 20.8 Å². The third-order valence-electron chi connectivity index (χ3n) is 5.40. The van der Waals surface area contributed by atoms with E-state index in [9.17, 15) is 4.79 Å².